The van der Waals surface area contributed by atoms with Gasteiger partial charge in [-0.15, -0.1) is 5.10 Å². The third-order valence-electron chi connectivity index (χ3n) is 2.68. The van der Waals surface area contributed by atoms with E-state index < -0.39 is 0 Å². The maximum absolute atomic E-state index is 5.20. The van der Waals surface area contributed by atoms with Crippen molar-refractivity contribution in [3.05, 3.63) is 12.0 Å². The van der Waals surface area contributed by atoms with Gasteiger partial charge in [0.05, 0.1) is 6.20 Å². The molecular formula is C9H11N5OS. The Balaban J connectivity index is 1.82. The molecular weight excluding hydrogens is 226 g/mol. The largest absolute Gasteiger partial charge is 0.333 e. The van der Waals surface area contributed by atoms with E-state index >= 15 is 0 Å². The summed E-state index contributed by atoms with van der Waals surface area (Å²) in [5.74, 6) is 1.68. The number of piperidine rings is 1. The van der Waals surface area contributed by atoms with Crippen LogP contribution in [0.25, 0.3) is 10.8 Å². The molecule has 84 valence electrons. The Labute approximate surface area is 96.2 Å². The number of rotatable bonds is 2. The van der Waals surface area contributed by atoms with Crippen molar-refractivity contribution in [3.63, 3.8) is 0 Å². The van der Waals surface area contributed by atoms with Crippen molar-refractivity contribution in [2.75, 3.05) is 13.1 Å². The van der Waals surface area contributed by atoms with E-state index in [1.54, 1.807) is 6.20 Å². The highest BCUT2D eigenvalue weighted by molar-refractivity contribution is 7.09. The first-order valence-electron chi connectivity index (χ1n) is 5.25. The first kappa shape index (κ1) is 9.86. The van der Waals surface area contributed by atoms with E-state index in [1.807, 2.05) is 0 Å². The SMILES string of the molecule is c1nnsc1-c1nc(C2CCCNC2)no1. The van der Waals surface area contributed by atoms with Gasteiger partial charge in [0.2, 0.25) is 0 Å². The van der Waals surface area contributed by atoms with Gasteiger partial charge in [0.1, 0.15) is 4.88 Å². The van der Waals surface area contributed by atoms with Gasteiger partial charge in [-0.05, 0) is 30.9 Å². The molecule has 1 fully saturated rings. The summed E-state index contributed by atoms with van der Waals surface area (Å²) in [5, 5.41) is 11.1. The topological polar surface area (TPSA) is 76.7 Å². The maximum Gasteiger partial charge on any atom is 0.271 e. The molecule has 2 aromatic rings. The Bertz CT molecular complexity index is 448. The van der Waals surface area contributed by atoms with Gasteiger partial charge in [0.15, 0.2) is 5.82 Å². The average Bonchev–Trinajstić information content (AvgIpc) is 3.01. The molecule has 0 bridgehead atoms. The lowest BCUT2D eigenvalue weighted by molar-refractivity contribution is 0.393. The average molecular weight is 237 g/mol. The van der Waals surface area contributed by atoms with Crippen molar-refractivity contribution in [2.24, 2.45) is 0 Å². The Morgan fingerprint density at radius 1 is 1.50 bits per heavy atom. The van der Waals surface area contributed by atoms with Gasteiger partial charge in [-0.25, -0.2) is 0 Å². The van der Waals surface area contributed by atoms with Crippen LogP contribution in [-0.2, 0) is 0 Å². The summed E-state index contributed by atoms with van der Waals surface area (Å²) in [6, 6.07) is 0. The van der Waals surface area contributed by atoms with Crippen molar-refractivity contribution in [1.82, 2.24) is 25.0 Å². The zero-order valence-corrected chi connectivity index (χ0v) is 9.40. The van der Waals surface area contributed by atoms with E-state index in [0.717, 1.165) is 36.6 Å². The van der Waals surface area contributed by atoms with Crippen LogP contribution in [0, 0.1) is 0 Å². The molecule has 3 rings (SSSR count). The Kier molecular flexibility index (Phi) is 2.63. The molecule has 0 radical (unpaired) electrons. The predicted octanol–water partition coefficient (Wildman–Crippen LogP) is 1.06. The maximum atomic E-state index is 5.20. The fraction of sp³-hybridized carbons (Fsp3) is 0.556. The van der Waals surface area contributed by atoms with Gasteiger partial charge in [-0.2, -0.15) is 4.98 Å². The summed E-state index contributed by atoms with van der Waals surface area (Å²) in [5.41, 5.74) is 0. The molecule has 0 aromatic carbocycles. The van der Waals surface area contributed by atoms with Crippen LogP contribution in [0.4, 0.5) is 0 Å². The predicted molar refractivity (Wildman–Crippen MR) is 58.0 cm³/mol. The van der Waals surface area contributed by atoms with Crippen LogP contribution >= 0.6 is 11.5 Å². The lowest BCUT2D eigenvalue weighted by Gasteiger charge is -2.19. The first-order chi connectivity index (χ1) is 7.93. The number of hydrogen-bond donors (Lipinski definition) is 1. The fourth-order valence-electron chi connectivity index (χ4n) is 1.83. The van der Waals surface area contributed by atoms with Crippen LogP contribution in [0.5, 0.6) is 0 Å². The van der Waals surface area contributed by atoms with Crippen molar-refractivity contribution >= 4 is 11.5 Å². The zero-order valence-electron chi connectivity index (χ0n) is 8.59. The summed E-state index contributed by atoms with van der Waals surface area (Å²) in [4.78, 5) is 5.21. The second-order valence-corrected chi connectivity index (χ2v) is 4.57. The van der Waals surface area contributed by atoms with E-state index in [9.17, 15) is 0 Å². The van der Waals surface area contributed by atoms with Crippen molar-refractivity contribution in [2.45, 2.75) is 18.8 Å². The summed E-state index contributed by atoms with van der Waals surface area (Å²) in [6.07, 6.45) is 3.92. The van der Waals surface area contributed by atoms with Gasteiger partial charge in [-0.3, -0.25) is 0 Å². The lowest BCUT2D eigenvalue weighted by atomic mass is 9.99. The molecule has 0 aliphatic carbocycles. The Morgan fingerprint density at radius 3 is 3.25 bits per heavy atom. The molecule has 1 atom stereocenters. The molecule has 0 spiro atoms. The molecule has 3 heterocycles. The lowest BCUT2D eigenvalue weighted by Crippen LogP contribution is -2.28. The van der Waals surface area contributed by atoms with Gasteiger partial charge in [0, 0.05) is 12.5 Å². The normalized spacial score (nSPS) is 21.1. The van der Waals surface area contributed by atoms with E-state index in [1.165, 1.54) is 11.5 Å². The molecule has 7 heteroatoms. The number of aromatic nitrogens is 4. The highest BCUT2D eigenvalue weighted by Gasteiger charge is 2.21. The third-order valence-corrected chi connectivity index (χ3v) is 3.33. The Morgan fingerprint density at radius 2 is 2.50 bits per heavy atom. The van der Waals surface area contributed by atoms with Crippen LogP contribution in [0.15, 0.2) is 10.7 Å². The van der Waals surface area contributed by atoms with Gasteiger partial charge >= 0.3 is 0 Å². The Hall–Kier alpha value is -1.34. The second kappa shape index (κ2) is 4.26. The molecule has 1 unspecified atom stereocenters. The smallest absolute Gasteiger partial charge is 0.271 e. The van der Waals surface area contributed by atoms with Gasteiger partial charge in [-0.1, -0.05) is 9.64 Å². The van der Waals surface area contributed by atoms with Crippen molar-refractivity contribution in [3.8, 4) is 10.8 Å². The van der Waals surface area contributed by atoms with Crippen molar-refractivity contribution in [1.29, 1.82) is 0 Å². The quantitative estimate of drug-likeness (QED) is 0.841. The molecule has 0 amide bonds. The van der Waals surface area contributed by atoms with Crippen LogP contribution in [-0.4, -0.2) is 32.8 Å². The monoisotopic (exact) mass is 237 g/mol. The van der Waals surface area contributed by atoms with Crippen LogP contribution in [0.2, 0.25) is 0 Å². The second-order valence-electron chi connectivity index (χ2n) is 3.78. The molecule has 16 heavy (non-hydrogen) atoms. The zero-order chi connectivity index (χ0) is 10.8. The van der Waals surface area contributed by atoms with Crippen LogP contribution in [0.3, 0.4) is 0 Å². The van der Waals surface area contributed by atoms with E-state index in [-0.39, 0.29) is 0 Å². The van der Waals surface area contributed by atoms with Crippen molar-refractivity contribution < 1.29 is 4.52 Å². The van der Waals surface area contributed by atoms with Crippen LogP contribution in [0.1, 0.15) is 24.6 Å². The summed E-state index contributed by atoms with van der Waals surface area (Å²) in [6.45, 7) is 2.01. The highest BCUT2D eigenvalue weighted by atomic mass is 32.1. The minimum atomic E-state index is 0.368. The molecule has 6 nitrogen and oxygen atoms in total. The van der Waals surface area contributed by atoms with Gasteiger partial charge < -0.3 is 9.84 Å². The van der Waals surface area contributed by atoms with Gasteiger partial charge in [0.25, 0.3) is 5.89 Å². The minimum absolute atomic E-state index is 0.368. The summed E-state index contributed by atoms with van der Waals surface area (Å²) >= 11 is 1.26. The standard InChI is InChI=1S/C9H11N5OS/c1-2-6(4-10-3-1)8-12-9(15-13-8)7-5-11-14-16-7/h5-6,10H,1-4H2. The highest BCUT2D eigenvalue weighted by Crippen LogP contribution is 2.24. The minimum Gasteiger partial charge on any atom is -0.333 e. The van der Waals surface area contributed by atoms with E-state index in [4.69, 9.17) is 4.52 Å². The molecule has 0 saturated carbocycles. The first-order valence-corrected chi connectivity index (χ1v) is 6.03. The molecule has 2 aromatic heterocycles. The third kappa shape index (κ3) is 1.83. The molecule has 1 N–H and O–H groups in total. The number of nitrogens with zero attached hydrogens (tertiary/aromatic N) is 4. The van der Waals surface area contributed by atoms with E-state index in [0.29, 0.717) is 11.8 Å². The summed E-state index contributed by atoms with van der Waals surface area (Å²) < 4.78 is 8.98. The fourth-order valence-corrected chi connectivity index (χ4v) is 2.27. The molecule has 1 aliphatic rings. The molecule has 1 aliphatic heterocycles. The summed E-state index contributed by atoms with van der Waals surface area (Å²) in [7, 11) is 0. The van der Waals surface area contributed by atoms with E-state index in [2.05, 4.69) is 25.0 Å². The number of hydrogen-bond acceptors (Lipinski definition) is 7. The molecule has 1 saturated heterocycles. The van der Waals surface area contributed by atoms with Crippen LogP contribution < -0.4 is 5.32 Å². The number of nitrogens with one attached hydrogen (secondary N) is 1.